The summed E-state index contributed by atoms with van der Waals surface area (Å²) in [6, 6.07) is 8.41. The summed E-state index contributed by atoms with van der Waals surface area (Å²) in [6.45, 7) is 8.37. The fourth-order valence-corrected chi connectivity index (χ4v) is 2.32. The van der Waals surface area contributed by atoms with Crippen LogP contribution in [0.2, 0.25) is 0 Å². The summed E-state index contributed by atoms with van der Waals surface area (Å²) >= 11 is 0. The van der Waals surface area contributed by atoms with Gasteiger partial charge in [0.1, 0.15) is 0 Å². The van der Waals surface area contributed by atoms with Crippen LogP contribution in [0.25, 0.3) is 0 Å². The third kappa shape index (κ3) is 4.97. The Balaban J connectivity index is 2.65. The molecule has 3 nitrogen and oxygen atoms in total. The van der Waals surface area contributed by atoms with Crippen molar-refractivity contribution in [2.45, 2.75) is 58.4 Å². The summed E-state index contributed by atoms with van der Waals surface area (Å²) in [5.41, 5.74) is 2.21. The molecule has 0 bridgehead atoms. The Kier molecular flexibility index (Phi) is 6.21. The van der Waals surface area contributed by atoms with Gasteiger partial charge >= 0.3 is 0 Å². The van der Waals surface area contributed by atoms with E-state index in [-0.39, 0.29) is 24.0 Å². The van der Waals surface area contributed by atoms with Crippen LogP contribution in [0.1, 0.15) is 51.2 Å². The molecule has 1 aromatic rings. The Morgan fingerprint density at radius 2 is 1.90 bits per heavy atom. The molecule has 0 aromatic heterocycles. The van der Waals surface area contributed by atoms with Crippen LogP contribution in [-0.2, 0) is 10.2 Å². The number of aliphatic hydroxyl groups excluding tert-OH is 1. The lowest BCUT2D eigenvalue weighted by Gasteiger charge is -2.26. The van der Waals surface area contributed by atoms with Crippen LogP contribution in [0.4, 0.5) is 0 Å². The highest BCUT2D eigenvalue weighted by molar-refractivity contribution is 5.77. The predicted octanol–water partition coefficient (Wildman–Crippen LogP) is 2.94. The highest BCUT2D eigenvalue weighted by Crippen LogP contribution is 2.27. The number of rotatable bonds is 7. The Morgan fingerprint density at radius 1 is 1.30 bits per heavy atom. The first-order valence-electron chi connectivity index (χ1n) is 7.36. The number of hydrogen-bond acceptors (Lipinski definition) is 2. The average Bonchev–Trinajstić information content (AvgIpc) is 2.38. The zero-order chi connectivity index (χ0) is 15.2. The maximum Gasteiger partial charge on any atom is 0.221 e. The van der Waals surface area contributed by atoms with Crippen molar-refractivity contribution in [3.8, 4) is 0 Å². The molecule has 0 spiro atoms. The van der Waals surface area contributed by atoms with Crippen molar-refractivity contribution in [1.82, 2.24) is 5.32 Å². The highest BCUT2D eigenvalue weighted by Gasteiger charge is 2.25. The van der Waals surface area contributed by atoms with Crippen LogP contribution in [0.5, 0.6) is 0 Å². The molecule has 0 heterocycles. The van der Waals surface area contributed by atoms with Gasteiger partial charge < -0.3 is 10.4 Å². The van der Waals surface area contributed by atoms with Crippen molar-refractivity contribution in [1.29, 1.82) is 0 Å². The van der Waals surface area contributed by atoms with Gasteiger partial charge in [0.2, 0.25) is 5.91 Å². The third-order valence-electron chi connectivity index (χ3n) is 3.77. The van der Waals surface area contributed by atoms with Gasteiger partial charge in [0.15, 0.2) is 0 Å². The summed E-state index contributed by atoms with van der Waals surface area (Å²) in [4.78, 5) is 12.2. The van der Waals surface area contributed by atoms with Crippen molar-refractivity contribution in [3.63, 3.8) is 0 Å². The predicted molar refractivity (Wildman–Crippen MR) is 82.7 cm³/mol. The van der Waals surface area contributed by atoms with E-state index in [1.165, 1.54) is 11.1 Å². The molecule has 1 rings (SSSR count). The van der Waals surface area contributed by atoms with Gasteiger partial charge in [0.05, 0.1) is 0 Å². The summed E-state index contributed by atoms with van der Waals surface area (Å²) in [6.07, 6.45) is 1.92. The van der Waals surface area contributed by atoms with Gasteiger partial charge in [0.25, 0.3) is 0 Å². The van der Waals surface area contributed by atoms with Gasteiger partial charge in [-0.25, -0.2) is 0 Å². The molecule has 0 aliphatic carbocycles. The fourth-order valence-electron chi connectivity index (χ4n) is 2.32. The normalized spacial score (nSPS) is 13.1. The molecule has 1 amide bonds. The van der Waals surface area contributed by atoms with E-state index in [0.717, 1.165) is 6.42 Å². The molecule has 20 heavy (non-hydrogen) atoms. The standard InChI is InChI=1S/C17H27NO2/c1-5-15(10-11-19)18-16(20)12-17(3,4)14-8-6-13(2)7-9-14/h6-9,15,19H,5,10-12H2,1-4H3,(H,18,20). The Labute approximate surface area is 122 Å². The van der Waals surface area contributed by atoms with Gasteiger partial charge in [-0.1, -0.05) is 50.6 Å². The van der Waals surface area contributed by atoms with Gasteiger partial charge in [-0.3, -0.25) is 4.79 Å². The first-order chi connectivity index (χ1) is 9.39. The molecule has 1 unspecified atom stereocenters. The highest BCUT2D eigenvalue weighted by atomic mass is 16.3. The number of aliphatic hydroxyl groups is 1. The zero-order valence-electron chi connectivity index (χ0n) is 13.1. The lowest BCUT2D eigenvalue weighted by atomic mass is 9.81. The smallest absolute Gasteiger partial charge is 0.221 e. The fraction of sp³-hybridized carbons (Fsp3) is 0.588. The summed E-state index contributed by atoms with van der Waals surface area (Å²) in [5.74, 6) is 0.0517. The minimum absolute atomic E-state index is 0.0517. The molecule has 0 fully saturated rings. The molecule has 0 aliphatic heterocycles. The molecule has 1 atom stereocenters. The number of carbonyl (C=O) groups is 1. The lowest BCUT2D eigenvalue weighted by Crippen LogP contribution is -2.38. The number of aryl methyl sites for hydroxylation is 1. The molecule has 0 aliphatic rings. The number of amides is 1. The molecule has 0 radical (unpaired) electrons. The largest absolute Gasteiger partial charge is 0.396 e. The van der Waals surface area contributed by atoms with E-state index in [4.69, 9.17) is 5.11 Å². The van der Waals surface area contributed by atoms with Crippen LogP contribution >= 0.6 is 0 Å². The monoisotopic (exact) mass is 277 g/mol. The molecule has 0 saturated carbocycles. The van der Waals surface area contributed by atoms with Crippen molar-refractivity contribution in [2.75, 3.05) is 6.61 Å². The van der Waals surface area contributed by atoms with E-state index < -0.39 is 0 Å². The number of hydrogen-bond donors (Lipinski definition) is 2. The quantitative estimate of drug-likeness (QED) is 0.805. The number of nitrogens with one attached hydrogen (secondary N) is 1. The van der Waals surface area contributed by atoms with E-state index in [1.54, 1.807) is 0 Å². The van der Waals surface area contributed by atoms with E-state index in [9.17, 15) is 4.79 Å². The second kappa shape index (κ2) is 7.44. The molecular weight excluding hydrogens is 250 g/mol. The second-order valence-electron chi connectivity index (χ2n) is 6.11. The summed E-state index contributed by atoms with van der Waals surface area (Å²) in [5, 5.41) is 12.0. The molecule has 3 heteroatoms. The van der Waals surface area contributed by atoms with Crippen LogP contribution in [0.3, 0.4) is 0 Å². The summed E-state index contributed by atoms with van der Waals surface area (Å²) in [7, 11) is 0. The van der Waals surface area contributed by atoms with Crippen molar-refractivity contribution in [3.05, 3.63) is 35.4 Å². The van der Waals surface area contributed by atoms with Gasteiger partial charge in [0, 0.05) is 19.1 Å². The van der Waals surface area contributed by atoms with Gasteiger partial charge in [-0.2, -0.15) is 0 Å². The van der Waals surface area contributed by atoms with E-state index in [2.05, 4.69) is 50.4 Å². The molecule has 112 valence electrons. The van der Waals surface area contributed by atoms with Crippen LogP contribution < -0.4 is 5.32 Å². The Bertz CT molecular complexity index is 423. The molecule has 2 N–H and O–H groups in total. The third-order valence-corrected chi connectivity index (χ3v) is 3.77. The SMILES string of the molecule is CCC(CCO)NC(=O)CC(C)(C)c1ccc(C)cc1. The molecule has 0 saturated heterocycles. The van der Waals surface area contributed by atoms with Gasteiger partial charge in [-0.05, 0) is 30.7 Å². The van der Waals surface area contributed by atoms with Gasteiger partial charge in [-0.15, -0.1) is 0 Å². The van der Waals surface area contributed by atoms with Crippen molar-refractivity contribution >= 4 is 5.91 Å². The first-order valence-corrected chi connectivity index (χ1v) is 7.36. The summed E-state index contributed by atoms with van der Waals surface area (Å²) < 4.78 is 0. The Hall–Kier alpha value is -1.35. The van der Waals surface area contributed by atoms with Crippen LogP contribution in [0, 0.1) is 6.92 Å². The molecule has 1 aromatic carbocycles. The second-order valence-corrected chi connectivity index (χ2v) is 6.11. The minimum Gasteiger partial charge on any atom is -0.396 e. The minimum atomic E-state index is -0.185. The van der Waals surface area contributed by atoms with Crippen LogP contribution in [-0.4, -0.2) is 23.7 Å². The maximum absolute atomic E-state index is 12.2. The average molecular weight is 277 g/mol. The molecular formula is C17H27NO2. The van der Waals surface area contributed by atoms with E-state index >= 15 is 0 Å². The van der Waals surface area contributed by atoms with Crippen molar-refractivity contribution in [2.24, 2.45) is 0 Å². The van der Waals surface area contributed by atoms with Crippen LogP contribution in [0.15, 0.2) is 24.3 Å². The van der Waals surface area contributed by atoms with E-state index in [1.807, 2.05) is 6.92 Å². The number of benzene rings is 1. The number of carbonyl (C=O) groups excluding carboxylic acids is 1. The van der Waals surface area contributed by atoms with E-state index in [0.29, 0.717) is 12.8 Å². The maximum atomic E-state index is 12.2. The zero-order valence-corrected chi connectivity index (χ0v) is 13.1. The Morgan fingerprint density at radius 3 is 2.40 bits per heavy atom. The lowest BCUT2D eigenvalue weighted by molar-refractivity contribution is -0.123. The first kappa shape index (κ1) is 16.7. The topological polar surface area (TPSA) is 49.3 Å². The van der Waals surface area contributed by atoms with Crippen molar-refractivity contribution < 1.29 is 9.90 Å².